The van der Waals surface area contributed by atoms with Crippen LogP contribution >= 0.6 is 0 Å². The predicted molar refractivity (Wildman–Crippen MR) is 155 cm³/mol. The molecule has 3 aromatic carbocycles. The highest BCUT2D eigenvalue weighted by Gasteiger charge is 2.56. The third kappa shape index (κ3) is 4.55. The summed E-state index contributed by atoms with van der Waals surface area (Å²) >= 11 is 0. The van der Waals surface area contributed by atoms with Crippen LogP contribution in [0.15, 0.2) is 77.9 Å². The Hall–Kier alpha value is -3.74. The van der Waals surface area contributed by atoms with Gasteiger partial charge in [0.2, 0.25) is 11.8 Å². The Morgan fingerprint density at radius 3 is 2.48 bits per heavy atom. The number of aliphatic hydroxyl groups is 1. The van der Waals surface area contributed by atoms with Crippen molar-refractivity contribution in [2.75, 3.05) is 19.8 Å². The van der Waals surface area contributed by atoms with E-state index in [0.717, 1.165) is 51.5 Å². The third-order valence-corrected chi connectivity index (χ3v) is 8.82. The zero-order valence-corrected chi connectivity index (χ0v) is 22.8. The van der Waals surface area contributed by atoms with Crippen LogP contribution in [-0.2, 0) is 14.3 Å². The van der Waals surface area contributed by atoms with Crippen LogP contribution in [0.25, 0.3) is 22.4 Å². The molecule has 2 fully saturated rings. The van der Waals surface area contributed by atoms with Gasteiger partial charge in [-0.15, -0.1) is 0 Å². The largest absolute Gasteiger partial charge is 0.507 e. The van der Waals surface area contributed by atoms with Crippen molar-refractivity contribution in [1.82, 2.24) is 4.90 Å². The maximum atomic E-state index is 13.3. The van der Waals surface area contributed by atoms with Crippen LogP contribution in [0.4, 0.5) is 0 Å². The molecule has 2 aliphatic heterocycles. The number of likely N-dealkylation sites (tertiary alicyclic amines) is 1. The van der Waals surface area contributed by atoms with Gasteiger partial charge in [0.1, 0.15) is 5.75 Å². The molecule has 3 aromatic rings. The summed E-state index contributed by atoms with van der Waals surface area (Å²) in [5, 5.41) is 22.5. The predicted octanol–water partition coefficient (Wildman–Crippen LogP) is 5.59. The van der Waals surface area contributed by atoms with Gasteiger partial charge >= 0.3 is 0 Å². The number of imide groups is 1. The molecule has 2 amide bonds. The molecule has 4 atom stereocenters. The fraction of sp³-hybridized carbons (Fsp3) is 0.353. The van der Waals surface area contributed by atoms with Crippen molar-refractivity contribution in [3.8, 4) is 5.75 Å². The molecule has 206 valence electrons. The van der Waals surface area contributed by atoms with E-state index in [2.05, 4.69) is 18.2 Å². The number of rotatable bonds is 8. The number of aliphatic hydroxyl groups excluding tert-OH is 1. The monoisotopic (exact) mass is 537 g/mol. The number of fused-ring (bicyclic) bond motifs is 4. The number of ether oxygens (including phenoxy) is 1. The molecule has 6 rings (SSSR count). The summed E-state index contributed by atoms with van der Waals surface area (Å²) in [5.41, 5.74) is 5.18. The van der Waals surface area contributed by atoms with Gasteiger partial charge in [0, 0.05) is 17.8 Å². The Labute approximate surface area is 234 Å². The Bertz CT molecular complexity index is 1510. The standard InChI is InChI=1S/C34H35NO5/c1-2-16-35-33(38)27-18-24(19-36)31-28(32(27)34(35)39)20-40-30(31)15-13-22(21-8-4-3-5-9-21)17-23-12-14-29(37)26-11-7-6-10-25(23)26/h3-12,14,17,27-28,30,32,36-37H,2,13,15-16,18-20H2,1H3/b22-17-/t27-,28+,30-,32-/m1/s1. The van der Waals surface area contributed by atoms with Crippen molar-refractivity contribution >= 4 is 34.2 Å². The number of hydrogen-bond donors (Lipinski definition) is 2. The zero-order valence-electron chi connectivity index (χ0n) is 22.8. The Morgan fingerprint density at radius 2 is 1.73 bits per heavy atom. The minimum atomic E-state index is -0.389. The van der Waals surface area contributed by atoms with Crippen LogP contribution in [0.5, 0.6) is 5.75 Å². The van der Waals surface area contributed by atoms with Crippen molar-refractivity contribution < 1.29 is 24.5 Å². The molecule has 0 spiro atoms. The molecular weight excluding hydrogens is 502 g/mol. The molecule has 0 unspecified atom stereocenters. The quantitative estimate of drug-likeness (QED) is 0.222. The van der Waals surface area contributed by atoms with Gasteiger partial charge in [-0.05, 0) is 65.0 Å². The van der Waals surface area contributed by atoms with Crippen LogP contribution in [0, 0.1) is 17.8 Å². The molecule has 0 saturated carbocycles. The van der Waals surface area contributed by atoms with Gasteiger partial charge in [0.15, 0.2) is 0 Å². The van der Waals surface area contributed by atoms with Crippen molar-refractivity contribution in [1.29, 1.82) is 0 Å². The number of nitrogens with zero attached hydrogens (tertiary/aromatic N) is 1. The van der Waals surface area contributed by atoms with Crippen LogP contribution in [0.3, 0.4) is 0 Å². The number of allylic oxidation sites excluding steroid dienone is 1. The zero-order chi connectivity index (χ0) is 27.8. The van der Waals surface area contributed by atoms with Gasteiger partial charge in [-0.25, -0.2) is 0 Å². The summed E-state index contributed by atoms with van der Waals surface area (Å²) in [7, 11) is 0. The second-order valence-corrected chi connectivity index (χ2v) is 11.1. The highest BCUT2D eigenvalue weighted by Crippen LogP contribution is 2.50. The van der Waals surface area contributed by atoms with E-state index in [1.54, 1.807) is 6.07 Å². The molecule has 0 aromatic heterocycles. The number of carbonyl (C=O) groups is 2. The number of phenols is 1. The van der Waals surface area contributed by atoms with Gasteiger partial charge < -0.3 is 14.9 Å². The number of benzene rings is 3. The lowest BCUT2D eigenvalue weighted by molar-refractivity contribution is -0.140. The molecule has 6 heteroatoms. The molecule has 2 N–H and O–H groups in total. The minimum Gasteiger partial charge on any atom is -0.507 e. The normalized spacial score (nSPS) is 24.6. The summed E-state index contributed by atoms with van der Waals surface area (Å²) in [4.78, 5) is 27.8. The average Bonchev–Trinajstić information content (AvgIpc) is 3.51. The van der Waals surface area contributed by atoms with Crippen molar-refractivity contribution in [2.24, 2.45) is 17.8 Å². The number of amides is 2. The summed E-state index contributed by atoms with van der Waals surface area (Å²) in [6.45, 7) is 2.70. The van der Waals surface area contributed by atoms with E-state index in [9.17, 15) is 19.8 Å². The van der Waals surface area contributed by atoms with Gasteiger partial charge in [-0.2, -0.15) is 0 Å². The SMILES string of the molecule is CCCN1C(=O)[C@@H]2[C@@H](CC(CO)=C3[C@@H](CC/C(=C/c4ccc(O)c5ccccc45)c4ccccc4)OC[C@@H]32)C1=O. The van der Waals surface area contributed by atoms with Gasteiger partial charge in [-0.3, -0.25) is 14.5 Å². The fourth-order valence-electron chi connectivity index (χ4n) is 6.99. The lowest BCUT2D eigenvalue weighted by Gasteiger charge is -2.31. The second kappa shape index (κ2) is 11.0. The first-order chi connectivity index (χ1) is 19.5. The van der Waals surface area contributed by atoms with Gasteiger partial charge in [0.25, 0.3) is 0 Å². The molecule has 3 aliphatic rings. The lowest BCUT2D eigenvalue weighted by Crippen LogP contribution is -2.35. The molecule has 2 heterocycles. The number of hydrogen-bond acceptors (Lipinski definition) is 5. The van der Waals surface area contributed by atoms with E-state index < -0.39 is 0 Å². The summed E-state index contributed by atoms with van der Waals surface area (Å²) in [5.74, 6) is -0.850. The first-order valence-electron chi connectivity index (χ1n) is 14.3. The van der Waals surface area contributed by atoms with Crippen molar-refractivity contribution in [3.63, 3.8) is 0 Å². The topological polar surface area (TPSA) is 87.1 Å². The number of phenolic OH excluding ortho intramolecular Hbond substituents is 1. The van der Waals surface area contributed by atoms with Gasteiger partial charge in [0.05, 0.1) is 31.2 Å². The second-order valence-electron chi connectivity index (χ2n) is 11.1. The maximum absolute atomic E-state index is 13.3. The van der Waals surface area contributed by atoms with E-state index in [-0.39, 0.29) is 48.0 Å². The van der Waals surface area contributed by atoms with Gasteiger partial charge in [-0.1, -0.05) is 73.7 Å². The van der Waals surface area contributed by atoms with Crippen LogP contribution in [-0.4, -0.2) is 52.8 Å². The molecule has 40 heavy (non-hydrogen) atoms. The van der Waals surface area contributed by atoms with Crippen LogP contribution < -0.4 is 0 Å². The number of carbonyl (C=O) groups excluding carboxylic acids is 2. The molecule has 1 aliphatic carbocycles. The van der Waals surface area contributed by atoms with Crippen LogP contribution in [0.1, 0.15) is 43.7 Å². The van der Waals surface area contributed by atoms with E-state index in [1.807, 2.05) is 55.5 Å². The van der Waals surface area contributed by atoms with Crippen molar-refractivity contribution in [3.05, 3.63) is 89.0 Å². The van der Waals surface area contributed by atoms with E-state index in [4.69, 9.17) is 4.74 Å². The molecule has 6 nitrogen and oxygen atoms in total. The Balaban J connectivity index is 1.31. The summed E-state index contributed by atoms with van der Waals surface area (Å²) in [6, 6.07) is 21.8. The van der Waals surface area contributed by atoms with Crippen molar-refractivity contribution in [2.45, 2.75) is 38.7 Å². The minimum absolute atomic E-state index is 0.0790. The third-order valence-electron chi connectivity index (χ3n) is 8.82. The number of aromatic hydroxyl groups is 1. The molecule has 0 radical (unpaired) electrons. The van der Waals surface area contributed by atoms with E-state index in [1.165, 1.54) is 4.90 Å². The highest BCUT2D eigenvalue weighted by molar-refractivity contribution is 6.06. The average molecular weight is 538 g/mol. The summed E-state index contributed by atoms with van der Waals surface area (Å²) < 4.78 is 6.33. The maximum Gasteiger partial charge on any atom is 0.233 e. The summed E-state index contributed by atoms with van der Waals surface area (Å²) in [6.07, 6.45) is 4.56. The fourth-order valence-corrected chi connectivity index (χ4v) is 6.99. The Morgan fingerprint density at radius 1 is 0.975 bits per heavy atom. The van der Waals surface area contributed by atoms with E-state index in [0.29, 0.717) is 26.0 Å². The molecule has 0 bridgehead atoms. The highest BCUT2D eigenvalue weighted by atomic mass is 16.5. The molecule has 2 saturated heterocycles. The van der Waals surface area contributed by atoms with E-state index >= 15 is 0 Å². The first kappa shape index (κ1) is 26.5. The molecular formula is C34H35NO5. The lowest BCUT2D eigenvalue weighted by atomic mass is 9.69. The van der Waals surface area contributed by atoms with Crippen LogP contribution in [0.2, 0.25) is 0 Å². The smallest absolute Gasteiger partial charge is 0.233 e. The Kier molecular flexibility index (Phi) is 7.30. The first-order valence-corrected chi connectivity index (χ1v) is 14.3.